The fourth-order valence-corrected chi connectivity index (χ4v) is 3.46. The van der Waals surface area contributed by atoms with Crippen molar-refractivity contribution >= 4 is 28.7 Å². The first kappa shape index (κ1) is 15.0. The third-order valence-electron chi connectivity index (χ3n) is 3.10. The summed E-state index contributed by atoms with van der Waals surface area (Å²) in [7, 11) is 0. The Labute approximate surface area is 125 Å². The van der Waals surface area contributed by atoms with Crippen LogP contribution in [0.3, 0.4) is 0 Å². The molecule has 1 aromatic heterocycles. The third kappa shape index (κ3) is 2.59. The fraction of sp³-hybridized carbons (Fsp3) is 0.214. The number of carboxylic acid groups (broad SMARTS) is 1. The number of nitrogens with zero attached hydrogens (tertiary/aromatic N) is 1. The predicted octanol–water partition coefficient (Wildman–Crippen LogP) is 3.73. The Bertz CT molecular complexity index is 722. The van der Waals surface area contributed by atoms with E-state index in [-0.39, 0.29) is 22.2 Å². The van der Waals surface area contributed by atoms with E-state index in [1.165, 1.54) is 6.07 Å². The van der Waals surface area contributed by atoms with E-state index in [1.807, 2.05) is 13.8 Å². The number of rotatable bonds is 4. The zero-order valence-electron chi connectivity index (χ0n) is 11.5. The quantitative estimate of drug-likeness (QED) is 0.661. The second-order valence-corrected chi connectivity index (χ2v) is 5.84. The first-order valence-electron chi connectivity index (χ1n) is 6.23. The van der Waals surface area contributed by atoms with Crippen LogP contribution in [0, 0.1) is 10.1 Å². The van der Waals surface area contributed by atoms with Gasteiger partial charge in [-0.3, -0.25) is 10.1 Å². The van der Waals surface area contributed by atoms with Gasteiger partial charge < -0.3 is 10.8 Å². The van der Waals surface area contributed by atoms with E-state index in [2.05, 4.69) is 0 Å². The van der Waals surface area contributed by atoms with E-state index in [0.717, 1.165) is 11.3 Å². The molecule has 21 heavy (non-hydrogen) atoms. The van der Waals surface area contributed by atoms with Crippen LogP contribution in [0.1, 0.15) is 35.0 Å². The number of anilines is 1. The number of nitrogens with two attached hydrogens (primary N) is 1. The molecule has 0 spiro atoms. The largest absolute Gasteiger partial charge is 0.477 e. The summed E-state index contributed by atoms with van der Waals surface area (Å²) in [5, 5.41) is 20.4. The molecule has 2 aromatic rings. The highest BCUT2D eigenvalue weighted by Crippen LogP contribution is 2.45. The van der Waals surface area contributed by atoms with Gasteiger partial charge in [-0.2, -0.15) is 0 Å². The lowest BCUT2D eigenvalue weighted by Crippen LogP contribution is -2.01. The van der Waals surface area contributed by atoms with Crippen molar-refractivity contribution in [3.8, 4) is 10.4 Å². The van der Waals surface area contributed by atoms with Gasteiger partial charge in [0.15, 0.2) is 0 Å². The van der Waals surface area contributed by atoms with E-state index >= 15 is 0 Å². The molecule has 0 saturated heterocycles. The molecule has 0 aliphatic rings. The predicted molar refractivity (Wildman–Crippen MR) is 81.9 cm³/mol. The van der Waals surface area contributed by atoms with Crippen molar-refractivity contribution in [3.63, 3.8) is 0 Å². The smallest absolute Gasteiger partial charge is 0.348 e. The molecule has 0 aliphatic heterocycles. The molecule has 0 unspecified atom stereocenters. The summed E-state index contributed by atoms with van der Waals surface area (Å²) in [5.74, 6) is -1.16. The maximum Gasteiger partial charge on any atom is 0.348 e. The monoisotopic (exact) mass is 306 g/mol. The summed E-state index contributed by atoms with van der Waals surface area (Å²) in [6.07, 6.45) is 0. The molecule has 6 nitrogen and oxygen atoms in total. The zero-order valence-corrected chi connectivity index (χ0v) is 12.3. The molecule has 3 N–H and O–H groups in total. The summed E-state index contributed by atoms with van der Waals surface area (Å²) in [6, 6.07) is 6.27. The van der Waals surface area contributed by atoms with Crippen LogP contribution in [-0.4, -0.2) is 16.0 Å². The minimum absolute atomic E-state index is 0.0202. The Kier molecular flexibility index (Phi) is 3.95. The minimum atomic E-state index is -1.12. The van der Waals surface area contributed by atoms with E-state index in [9.17, 15) is 20.0 Å². The van der Waals surface area contributed by atoms with Gasteiger partial charge in [-0.1, -0.05) is 26.0 Å². The molecule has 0 radical (unpaired) electrons. The number of nitrogen functional groups attached to an aromatic ring is 1. The molecule has 7 heteroatoms. The number of nitro benzene ring substituents is 1. The van der Waals surface area contributed by atoms with Gasteiger partial charge in [0.1, 0.15) is 4.88 Å². The maximum atomic E-state index is 11.3. The second-order valence-electron chi connectivity index (χ2n) is 4.82. The number of carboxylic acids is 1. The SMILES string of the molecule is CC(C)c1c(-c2ccccc2[N+](=O)[O-])sc(C(=O)O)c1N. The Morgan fingerprint density at radius 3 is 2.52 bits per heavy atom. The first-order valence-corrected chi connectivity index (χ1v) is 7.05. The van der Waals surface area contributed by atoms with Crippen molar-refractivity contribution < 1.29 is 14.8 Å². The lowest BCUT2D eigenvalue weighted by molar-refractivity contribution is -0.384. The van der Waals surface area contributed by atoms with Crippen LogP contribution < -0.4 is 5.73 Å². The van der Waals surface area contributed by atoms with Gasteiger partial charge in [-0.05, 0) is 17.5 Å². The van der Waals surface area contributed by atoms with Crippen LogP contribution in [0.4, 0.5) is 11.4 Å². The van der Waals surface area contributed by atoms with Crippen molar-refractivity contribution in [2.75, 3.05) is 5.73 Å². The minimum Gasteiger partial charge on any atom is -0.477 e. The average Bonchev–Trinajstić information content (AvgIpc) is 2.76. The lowest BCUT2D eigenvalue weighted by atomic mass is 9.97. The maximum absolute atomic E-state index is 11.3. The van der Waals surface area contributed by atoms with Gasteiger partial charge in [0.25, 0.3) is 5.69 Å². The molecule has 2 rings (SSSR count). The zero-order chi connectivity index (χ0) is 15.7. The van der Waals surface area contributed by atoms with Gasteiger partial charge in [-0.15, -0.1) is 11.3 Å². The molecular formula is C14H14N2O4S. The summed E-state index contributed by atoms with van der Waals surface area (Å²) in [4.78, 5) is 22.5. The highest BCUT2D eigenvalue weighted by Gasteiger charge is 2.26. The Balaban J connectivity index is 2.78. The second kappa shape index (κ2) is 5.53. The van der Waals surface area contributed by atoms with Gasteiger partial charge in [0.2, 0.25) is 0 Å². The topological polar surface area (TPSA) is 106 Å². The van der Waals surface area contributed by atoms with Crippen LogP contribution in [-0.2, 0) is 0 Å². The van der Waals surface area contributed by atoms with E-state index < -0.39 is 10.9 Å². The van der Waals surface area contributed by atoms with Crippen molar-refractivity contribution in [1.29, 1.82) is 0 Å². The third-order valence-corrected chi connectivity index (χ3v) is 4.34. The lowest BCUT2D eigenvalue weighted by Gasteiger charge is -2.09. The number of benzene rings is 1. The van der Waals surface area contributed by atoms with Gasteiger partial charge in [0, 0.05) is 10.9 Å². The van der Waals surface area contributed by atoms with Crippen LogP contribution in [0.15, 0.2) is 24.3 Å². The molecule has 0 bridgehead atoms. The first-order chi connectivity index (χ1) is 9.84. The number of thiophene rings is 1. The van der Waals surface area contributed by atoms with E-state index in [0.29, 0.717) is 16.0 Å². The fourth-order valence-electron chi connectivity index (χ4n) is 2.21. The van der Waals surface area contributed by atoms with Crippen LogP contribution >= 0.6 is 11.3 Å². The molecule has 0 fully saturated rings. The molecule has 0 aliphatic carbocycles. The number of carbonyl (C=O) groups is 1. The highest BCUT2D eigenvalue weighted by molar-refractivity contribution is 7.18. The number of hydrogen-bond donors (Lipinski definition) is 2. The average molecular weight is 306 g/mol. The van der Waals surface area contributed by atoms with Crippen molar-refractivity contribution in [2.24, 2.45) is 0 Å². The molecule has 1 heterocycles. The van der Waals surface area contributed by atoms with Crippen molar-refractivity contribution in [3.05, 3.63) is 44.8 Å². The van der Waals surface area contributed by atoms with Gasteiger partial charge in [0.05, 0.1) is 16.2 Å². The standard InChI is InChI=1S/C14H14N2O4S/c1-7(2)10-11(15)13(14(17)18)21-12(10)8-5-3-4-6-9(8)16(19)20/h3-7H,15H2,1-2H3,(H,17,18). The van der Waals surface area contributed by atoms with E-state index in [4.69, 9.17) is 5.73 Å². The van der Waals surface area contributed by atoms with Gasteiger partial charge in [-0.25, -0.2) is 4.79 Å². The molecular weight excluding hydrogens is 292 g/mol. The highest BCUT2D eigenvalue weighted by atomic mass is 32.1. The van der Waals surface area contributed by atoms with Crippen molar-refractivity contribution in [1.82, 2.24) is 0 Å². The van der Waals surface area contributed by atoms with Gasteiger partial charge >= 0.3 is 5.97 Å². The molecule has 0 saturated carbocycles. The molecule has 110 valence electrons. The Hall–Kier alpha value is -2.41. The molecule has 0 amide bonds. The number of para-hydroxylation sites is 1. The Morgan fingerprint density at radius 1 is 1.38 bits per heavy atom. The van der Waals surface area contributed by atoms with Crippen LogP contribution in [0.2, 0.25) is 0 Å². The summed E-state index contributed by atoms with van der Waals surface area (Å²) in [6.45, 7) is 3.75. The summed E-state index contributed by atoms with van der Waals surface area (Å²) in [5.41, 5.74) is 7.11. The summed E-state index contributed by atoms with van der Waals surface area (Å²) < 4.78 is 0. The van der Waals surface area contributed by atoms with Crippen LogP contribution in [0.5, 0.6) is 0 Å². The number of nitro groups is 1. The normalized spacial score (nSPS) is 10.8. The van der Waals surface area contributed by atoms with Crippen molar-refractivity contribution in [2.45, 2.75) is 19.8 Å². The van der Waals surface area contributed by atoms with Crippen LogP contribution in [0.25, 0.3) is 10.4 Å². The number of aromatic carboxylic acids is 1. The molecule has 1 aromatic carbocycles. The molecule has 0 atom stereocenters. The summed E-state index contributed by atoms with van der Waals surface area (Å²) >= 11 is 0.978. The van der Waals surface area contributed by atoms with E-state index in [1.54, 1.807) is 18.2 Å². The Morgan fingerprint density at radius 2 is 2.00 bits per heavy atom. The number of hydrogen-bond acceptors (Lipinski definition) is 5.